The van der Waals surface area contributed by atoms with E-state index in [-0.39, 0.29) is 5.75 Å². The lowest BCUT2D eigenvalue weighted by molar-refractivity contribution is 0.597. The topological polar surface area (TPSA) is 73.0 Å². The number of nitrogens with zero attached hydrogens (tertiary/aromatic N) is 1. The molecule has 4 nitrogen and oxygen atoms in total. The summed E-state index contributed by atoms with van der Waals surface area (Å²) in [7, 11) is -3.40. The van der Waals surface area contributed by atoms with Gasteiger partial charge in [0, 0.05) is 4.88 Å². The van der Waals surface area contributed by atoms with Crippen LogP contribution < -0.4 is 5.14 Å². The van der Waals surface area contributed by atoms with Crippen LogP contribution in [0.5, 0.6) is 0 Å². The number of nitrogens with two attached hydrogens (primary N) is 1. The van der Waals surface area contributed by atoms with Crippen LogP contribution in [0, 0.1) is 6.92 Å². The number of aromatic nitrogens is 1. The van der Waals surface area contributed by atoms with Gasteiger partial charge in [-0.25, -0.2) is 18.5 Å². The van der Waals surface area contributed by atoms with E-state index in [0.717, 1.165) is 5.69 Å². The second-order valence-corrected chi connectivity index (χ2v) is 4.72. The maximum absolute atomic E-state index is 10.6. The molecule has 6 heteroatoms. The van der Waals surface area contributed by atoms with Crippen LogP contribution in [0.25, 0.3) is 0 Å². The Hall–Kier alpha value is -0.460. The van der Waals surface area contributed by atoms with Crippen molar-refractivity contribution in [2.75, 3.05) is 0 Å². The Morgan fingerprint density at radius 2 is 2.36 bits per heavy atom. The second-order valence-electron chi connectivity index (χ2n) is 2.17. The first-order chi connectivity index (χ1) is 4.99. The third kappa shape index (κ3) is 2.57. The van der Waals surface area contributed by atoms with E-state index in [1.807, 2.05) is 0 Å². The molecule has 1 aromatic rings. The van der Waals surface area contributed by atoms with Crippen molar-refractivity contribution >= 4 is 21.4 Å². The van der Waals surface area contributed by atoms with E-state index in [2.05, 4.69) is 4.98 Å². The molecule has 0 aliphatic heterocycles. The zero-order valence-corrected chi connectivity index (χ0v) is 7.58. The molecule has 0 bridgehead atoms. The summed E-state index contributed by atoms with van der Waals surface area (Å²) in [6.45, 7) is 1.76. The Labute approximate surface area is 69.1 Å². The zero-order valence-electron chi connectivity index (χ0n) is 5.94. The molecule has 0 radical (unpaired) electrons. The Balaban J connectivity index is 2.89. The minimum Gasteiger partial charge on any atom is -0.250 e. The van der Waals surface area contributed by atoms with Gasteiger partial charge in [0.15, 0.2) is 0 Å². The van der Waals surface area contributed by atoms with Gasteiger partial charge in [0.05, 0.1) is 11.2 Å². The van der Waals surface area contributed by atoms with Crippen molar-refractivity contribution in [3.63, 3.8) is 0 Å². The smallest absolute Gasteiger partial charge is 0.214 e. The maximum atomic E-state index is 10.6. The molecule has 62 valence electrons. The molecule has 11 heavy (non-hydrogen) atoms. The molecule has 0 unspecified atom stereocenters. The van der Waals surface area contributed by atoms with Crippen molar-refractivity contribution in [2.45, 2.75) is 12.7 Å². The van der Waals surface area contributed by atoms with E-state index in [9.17, 15) is 8.42 Å². The van der Waals surface area contributed by atoms with Crippen molar-refractivity contribution in [1.29, 1.82) is 0 Å². The maximum Gasteiger partial charge on any atom is 0.214 e. The van der Waals surface area contributed by atoms with Crippen LogP contribution in [0.3, 0.4) is 0 Å². The molecule has 0 aliphatic rings. The van der Waals surface area contributed by atoms with Gasteiger partial charge in [0.2, 0.25) is 10.0 Å². The standard InChI is InChI=1S/C5H8N2O2S2/c1-4-5(10-3-7-4)2-11(6,8)9/h3H,2H2,1H3,(H2,6,8,9). The van der Waals surface area contributed by atoms with Gasteiger partial charge in [-0.1, -0.05) is 0 Å². The van der Waals surface area contributed by atoms with Crippen LogP contribution in [-0.2, 0) is 15.8 Å². The molecule has 1 aromatic heterocycles. The summed E-state index contributed by atoms with van der Waals surface area (Å²) in [6.07, 6.45) is 0. The van der Waals surface area contributed by atoms with Crippen LogP contribution in [-0.4, -0.2) is 13.4 Å². The summed E-state index contributed by atoms with van der Waals surface area (Å²) in [5.41, 5.74) is 2.35. The lowest BCUT2D eigenvalue weighted by atomic mass is 10.4. The predicted molar refractivity (Wildman–Crippen MR) is 43.7 cm³/mol. The van der Waals surface area contributed by atoms with Gasteiger partial charge in [-0.15, -0.1) is 11.3 Å². The van der Waals surface area contributed by atoms with Crippen LogP contribution in [0.1, 0.15) is 10.6 Å². The summed E-state index contributed by atoms with van der Waals surface area (Å²) in [6, 6.07) is 0. The van der Waals surface area contributed by atoms with Crippen molar-refractivity contribution < 1.29 is 8.42 Å². The average Bonchev–Trinajstić information content (AvgIpc) is 2.12. The molecule has 2 N–H and O–H groups in total. The number of primary sulfonamides is 1. The number of rotatable bonds is 2. The molecule has 1 heterocycles. The van der Waals surface area contributed by atoms with Crippen LogP contribution in [0.15, 0.2) is 5.51 Å². The molecule has 1 rings (SSSR count). The van der Waals surface area contributed by atoms with Crippen molar-refractivity contribution in [3.8, 4) is 0 Å². The lowest BCUT2D eigenvalue weighted by Gasteiger charge is -1.93. The third-order valence-corrected chi connectivity index (χ3v) is 2.99. The summed E-state index contributed by atoms with van der Waals surface area (Å²) in [5.74, 6) is -0.108. The molecular weight excluding hydrogens is 184 g/mol. The van der Waals surface area contributed by atoms with Crippen LogP contribution >= 0.6 is 11.3 Å². The van der Waals surface area contributed by atoms with E-state index >= 15 is 0 Å². The highest BCUT2D eigenvalue weighted by molar-refractivity contribution is 7.88. The monoisotopic (exact) mass is 192 g/mol. The first kappa shape index (κ1) is 8.63. The highest BCUT2D eigenvalue weighted by Gasteiger charge is 2.08. The largest absolute Gasteiger partial charge is 0.250 e. The highest BCUT2D eigenvalue weighted by atomic mass is 32.2. The van der Waals surface area contributed by atoms with Gasteiger partial charge in [0.25, 0.3) is 0 Å². The van der Waals surface area contributed by atoms with Gasteiger partial charge in [-0.05, 0) is 6.92 Å². The quantitative estimate of drug-likeness (QED) is 0.729. The second kappa shape index (κ2) is 2.88. The lowest BCUT2D eigenvalue weighted by Crippen LogP contribution is -2.14. The fourth-order valence-corrected chi connectivity index (χ4v) is 2.55. The molecule has 0 fully saturated rings. The Morgan fingerprint density at radius 1 is 1.73 bits per heavy atom. The van der Waals surface area contributed by atoms with Gasteiger partial charge in [-0.3, -0.25) is 0 Å². The normalized spacial score (nSPS) is 11.8. The average molecular weight is 192 g/mol. The number of thiazole rings is 1. The highest BCUT2D eigenvalue weighted by Crippen LogP contribution is 2.13. The number of sulfonamides is 1. The molecule has 0 atom stereocenters. The van der Waals surface area contributed by atoms with E-state index < -0.39 is 10.0 Å². The van der Waals surface area contributed by atoms with Crippen molar-refractivity contribution in [1.82, 2.24) is 4.98 Å². The molecule has 0 aliphatic carbocycles. The van der Waals surface area contributed by atoms with Gasteiger partial charge >= 0.3 is 0 Å². The first-order valence-corrected chi connectivity index (χ1v) is 5.48. The van der Waals surface area contributed by atoms with Gasteiger partial charge < -0.3 is 0 Å². The van der Waals surface area contributed by atoms with Crippen molar-refractivity contribution in [3.05, 3.63) is 16.1 Å². The summed E-state index contributed by atoms with van der Waals surface area (Å²) in [5, 5.41) is 4.85. The molecule has 0 amide bonds. The van der Waals surface area contributed by atoms with Gasteiger partial charge in [0.1, 0.15) is 5.75 Å². The summed E-state index contributed by atoms with van der Waals surface area (Å²) >= 11 is 1.31. The number of aryl methyl sites for hydroxylation is 1. The predicted octanol–water partition coefficient (Wildman–Crippen LogP) is 0.240. The van der Waals surface area contributed by atoms with E-state index in [4.69, 9.17) is 5.14 Å². The number of hydrogen-bond donors (Lipinski definition) is 1. The number of hydrogen-bond acceptors (Lipinski definition) is 4. The Morgan fingerprint density at radius 3 is 2.73 bits per heavy atom. The van der Waals surface area contributed by atoms with Crippen LogP contribution in [0.4, 0.5) is 0 Å². The van der Waals surface area contributed by atoms with Gasteiger partial charge in [-0.2, -0.15) is 0 Å². The van der Waals surface area contributed by atoms with Crippen LogP contribution in [0.2, 0.25) is 0 Å². The molecule has 0 saturated heterocycles. The summed E-state index contributed by atoms with van der Waals surface area (Å²) in [4.78, 5) is 4.61. The van der Waals surface area contributed by atoms with E-state index in [1.54, 1.807) is 12.4 Å². The van der Waals surface area contributed by atoms with E-state index in [0.29, 0.717) is 4.88 Å². The Bertz CT molecular complexity index is 341. The zero-order chi connectivity index (χ0) is 8.48. The molecular formula is C5H8N2O2S2. The minimum atomic E-state index is -3.40. The molecule has 0 spiro atoms. The fraction of sp³-hybridized carbons (Fsp3) is 0.400. The molecule has 0 saturated carbocycles. The Kier molecular flexibility index (Phi) is 2.26. The third-order valence-electron chi connectivity index (χ3n) is 1.18. The molecule has 0 aromatic carbocycles. The fourth-order valence-electron chi connectivity index (χ4n) is 0.647. The minimum absolute atomic E-state index is 0.108. The first-order valence-electron chi connectivity index (χ1n) is 2.88. The van der Waals surface area contributed by atoms with E-state index in [1.165, 1.54) is 11.3 Å². The summed E-state index contributed by atoms with van der Waals surface area (Å²) < 4.78 is 21.2. The SMILES string of the molecule is Cc1ncsc1CS(N)(=O)=O. The van der Waals surface area contributed by atoms with Crippen molar-refractivity contribution in [2.24, 2.45) is 5.14 Å².